The van der Waals surface area contributed by atoms with Gasteiger partial charge in [0.05, 0.1) is 0 Å². The van der Waals surface area contributed by atoms with Gasteiger partial charge in [0.15, 0.2) is 0 Å². The molecule has 0 amide bonds. The van der Waals surface area contributed by atoms with Gasteiger partial charge in [-0.15, -0.1) is 0 Å². The van der Waals surface area contributed by atoms with Gasteiger partial charge in [-0.1, -0.05) is 0 Å². The second kappa shape index (κ2) is 6.11. The van der Waals surface area contributed by atoms with Crippen LogP contribution in [0.2, 0.25) is 10.0 Å². The Morgan fingerprint density at radius 2 is 1.81 bits per heavy atom. The molecule has 0 radical (unpaired) electrons. The Morgan fingerprint density at radius 3 is 2.65 bits per heavy atom. The van der Waals surface area contributed by atoms with Crippen molar-refractivity contribution in [2.45, 2.75) is 13.3 Å². The average molecular weight is 445 g/mol. The molecule has 0 saturated carbocycles. The molecule has 0 saturated heterocycles. The minimum atomic E-state index is 0.0344. The van der Waals surface area contributed by atoms with Crippen LogP contribution in [0.4, 0.5) is 0 Å². The Bertz CT molecular complexity index is 1160. The standard InChI is InChI=1S/C20H13Cl2N3Se/c1-10-17(14-8-11-4-2-3-5-13(11)18(14)23-10)20-25-24-19(26-20)12-6-7-15(21)16(22)9-12/h2-7,9,23H,8H2,1H3. The van der Waals surface area contributed by atoms with Crippen molar-refractivity contribution in [3.8, 4) is 31.5 Å². The Labute approximate surface area is 166 Å². The van der Waals surface area contributed by atoms with Crippen molar-refractivity contribution in [3.63, 3.8) is 0 Å². The topological polar surface area (TPSA) is 41.6 Å². The molecule has 2 heterocycles. The number of aryl methyl sites for hydroxylation is 1. The van der Waals surface area contributed by atoms with Gasteiger partial charge in [-0.25, -0.2) is 0 Å². The second-order valence-corrected chi connectivity index (χ2v) is 9.22. The van der Waals surface area contributed by atoms with Crippen molar-refractivity contribution in [2.75, 3.05) is 0 Å². The van der Waals surface area contributed by atoms with E-state index in [1.165, 1.54) is 27.9 Å². The number of benzene rings is 2. The van der Waals surface area contributed by atoms with Gasteiger partial charge in [0.1, 0.15) is 0 Å². The van der Waals surface area contributed by atoms with Gasteiger partial charge < -0.3 is 0 Å². The molecule has 0 aliphatic heterocycles. The first-order chi connectivity index (χ1) is 12.6. The van der Waals surface area contributed by atoms with E-state index < -0.39 is 0 Å². The SMILES string of the molecule is Cc1[nH]c2c(c1-c1nnc(-c3ccc(Cl)c(Cl)c3)[se]1)Cc1ccccc1-2. The van der Waals surface area contributed by atoms with E-state index in [0.717, 1.165) is 26.8 Å². The average Bonchev–Trinajstić information content (AvgIpc) is 3.31. The maximum absolute atomic E-state index is 6.16. The van der Waals surface area contributed by atoms with Crippen LogP contribution < -0.4 is 0 Å². The van der Waals surface area contributed by atoms with E-state index in [0.29, 0.717) is 10.0 Å². The van der Waals surface area contributed by atoms with Crippen molar-refractivity contribution < 1.29 is 0 Å². The summed E-state index contributed by atoms with van der Waals surface area (Å²) in [6.45, 7) is 2.12. The van der Waals surface area contributed by atoms with Crippen LogP contribution in [-0.4, -0.2) is 29.7 Å². The molecule has 2 aromatic carbocycles. The molecule has 128 valence electrons. The zero-order valence-electron chi connectivity index (χ0n) is 13.8. The van der Waals surface area contributed by atoms with E-state index in [1.807, 2.05) is 18.2 Å². The van der Waals surface area contributed by atoms with Gasteiger partial charge in [-0.05, 0) is 0 Å². The molecule has 0 unspecified atom stereocenters. The van der Waals surface area contributed by atoms with Crippen LogP contribution >= 0.6 is 23.2 Å². The van der Waals surface area contributed by atoms with E-state index in [1.54, 1.807) is 0 Å². The van der Waals surface area contributed by atoms with Crippen LogP contribution in [0.1, 0.15) is 16.8 Å². The Hall–Kier alpha value is -1.84. The molecular formula is C20H13Cl2N3Se. The fourth-order valence-corrected chi connectivity index (χ4v) is 5.88. The van der Waals surface area contributed by atoms with Crippen molar-refractivity contribution in [2.24, 2.45) is 0 Å². The van der Waals surface area contributed by atoms with E-state index in [2.05, 4.69) is 46.4 Å². The molecule has 0 fully saturated rings. The molecule has 0 atom stereocenters. The van der Waals surface area contributed by atoms with E-state index in [-0.39, 0.29) is 14.5 Å². The summed E-state index contributed by atoms with van der Waals surface area (Å²) < 4.78 is 2.05. The summed E-state index contributed by atoms with van der Waals surface area (Å²) >= 11 is 12.2. The van der Waals surface area contributed by atoms with Crippen molar-refractivity contribution in [1.29, 1.82) is 0 Å². The quantitative estimate of drug-likeness (QED) is 0.371. The molecule has 1 aliphatic carbocycles. The number of nitrogens with zero attached hydrogens (tertiary/aromatic N) is 2. The van der Waals surface area contributed by atoms with Crippen molar-refractivity contribution in [1.82, 2.24) is 15.2 Å². The van der Waals surface area contributed by atoms with Crippen LogP contribution in [0, 0.1) is 6.92 Å². The van der Waals surface area contributed by atoms with Gasteiger partial charge in [-0.2, -0.15) is 0 Å². The summed E-state index contributed by atoms with van der Waals surface area (Å²) in [4.78, 5) is 3.57. The van der Waals surface area contributed by atoms with Crippen LogP contribution in [0.15, 0.2) is 42.5 Å². The summed E-state index contributed by atoms with van der Waals surface area (Å²) in [5.74, 6) is 0. The monoisotopic (exact) mass is 445 g/mol. The number of rotatable bonds is 2. The third-order valence-corrected chi connectivity index (χ3v) is 7.57. The number of nitrogens with one attached hydrogen (secondary N) is 1. The molecular weight excluding hydrogens is 432 g/mol. The summed E-state index contributed by atoms with van der Waals surface area (Å²) in [5.41, 5.74) is 8.63. The molecule has 6 heteroatoms. The van der Waals surface area contributed by atoms with Gasteiger partial charge in [-0.3, -0.25) is 0 Å². The van der Waals surface area contributed by atoms with Gasteiger partial charge in [0.25, 0.3) is 0 Å². The number of halogens is 2. The predicted molar refractivity (Wildman–Crippen MR) is 107 cm³/mol. The Balaban J connectivity index is 1.59. The number of aromatic nitrogens is 3. The summed E-state index contributed by atoms with van der Waals surface area (Å²) in [6.07, 6.45) is 0.947. The van der Waals surface area contributed by atoms with Crippen molar-refractivity contribution in [3.05, 3.63) is 69.3 Å². The number of hydrogen-bond acceptors (Lipinski definition) is 2. The first kappa shape index (κ1) is 16.3. The van der Waals surface area contributed by atoms with Gasteiger partial charge in [0, 0.05) is 0 Å². The number of aromatic amines is 1. The number of fused-ring (bicyclic) bond motifs is 3. The predicted octanol–water partition coefficient (Wildman–Crippen LogP) is 5.38. The molecule has 1 aliphatic rings. The fourth-order valence-electron chi connectivity index (χ4n) is 3.55. The van der Waals surface area contributed by atoms with Crippen LogP contribution in [0.5, 0.6) is 0 Å². The third kappa shape index (κ3) is 2.49. The third-order valence-electron chi connectivity index (χ3n) is 4.75. The minimum absolute atomic E-state index is 0.0344. The molecule has 0 spiro atoms. The van der Waals surface area contributed by atoms with Crippen LogP contribution in [0.25, 0.3) is 31.5 Å². The van der Waals surface area contributed by atoms with Crippen LogP contribution in [-0.2, 0) is 6.42 Å². The van der Waals surface area contributed by atoms with E-state index >= 15 is 0 Å². The molecule has 5 rings (SSSR count). The summed E-state index contributed by atoms with van der Waals surface area (Å²) in [5, 5.41) is 10.1. The number of H-pyrrole nitrogens is 1. The van der Waals surface area contributed by atoms with Gasteiger partial charge >= 0.3 is 167 Å². The first-order valence-electron chi connectivity index (χ1n) is 8.21. The van der Waals surface area contributed by atoms with Gasteiger partial charge in [0.2, 0.25) is 0 Å². The normalized spacial score (nSPS) is 12.3. The summed E-state index contributed by atoms with van der Waals surface area (Å²) in [6, 6.07) is 14.2. The molecule has 2 aromatic heterocycles. The number of hydrogen-bond donors (Lipinski definition) is 1. The zero-order chi connectivity index (χ0) is 17.8. The van der Waals surface area contributed by atoms with Crippen molar-refractivity contribution >= 4 is 37.7 Å². The fraction of sp³-hybridized carbons (Fsp3) is 0.100. The maximum atomic E-state index is 6.16. The second-order valence-electron chi connectivity index (χ2n) is 6.35. The summed E-state index contributed by atoms with van der Waals surface area (Å²) in [7, 11) is 0. The van der Waals surface area contributed by atoms with E-state index in [4.69, 9.17) is 23.2 Å². The molecule has 3 nitrogen and oxygen atoms in total. The molecule has 26 heavy (non-hydrogen) atoms. The molecule has 0 bridgehead atoms. The first-order valence-corrected chi connectivity index (χ1v) is 10.7. The Kier molecular flexibility index (Phi) is 3.84. The Morgan fingerprint density at radius 1 is 1.00 bits per heavy atom. The van der Waals surface area contributed by atoms with Crippen LogP contribution in [0.3, 0.4) is 0 Å². The zero-order valence-corrected chi connectivity index (χ0v) is 17.0. The molecule has 1 N–H and O–H groups in total. The molecule has 4 aromatic rings. The van der Waals surface area contributed by atoms with E-state index in [9.17, 15) is 0 Å².